The Morgan fingerprint density at radius 1 is 0.304 bits per heavy atom. The molecule has 0 unspecified atom stereocenters. The molecule has 0 aromatic heterocycles. The number of hydrogen-bond acceptors (Lipinski definition) is 6. The van der Waals surface area contributed by atoms with Crippen LogP contribution in [0.2, 0.25) is 0 Å². The van der Waals surface area contributed by atoms with Gasteiger partial charge in [-0.2, -0.15) is 0 Å². The number of rotatable bonds is 52. The lowest BCUT2D eigenvalue weighted by atomic mass is 10.0. The van der Waals surface area contributed by atoms with Crippen molar-refractivity contribution in [3.8, 4) is 0 Å². The molecule has 0 aliphatic rings. The summed E-state index contributed by atoms with van der Waals surface area (Å²) in [6.07, 6.45) is 74.4. The lowest BCUT2D eigenvalue weighted by Crippen LogP contribution is -2.30. The third kappa shape index (κ3) is 55.4. The van der Waals surface area contributed by atoms with Crippen molar-refractivity contribution in [3.05, 3.63) is 85.1 Å². The van der Waals surface area contributed by atoms with Gasteiger partial charge in [0.15, 0.2) is 6.10 Å². The van der Waals surface area contributed by atoms with Crippen LogP contribution in [-0.4, -0.2) is 37.2 Å². The molecule has 1 atom stereocenters. The van der Waals surface area contributed by atoms with Crippen molar-refractivity contribution in [1.29, 1.82) is 0 Å². The number of carbonyl (C=O) groups excluding carboxylic acids is 3. The number of allylic oxidation sites excluding steroid dienone is 14. The first-order valence-corrected chi connectivity index (χ1v) is 29.1. The van der Waals surface area contributed by atoms with Crippen molar-refractivity contribution in [2.24, 2.45) is 0 Å². The average Bonchev–Trinajstić information content (AvgIpc) is 3.35. The van der Waals surface area contributed by atoms with Crippen LogP contribution in [0.4, 0.5) is 0 Å². The topological polar surface area (TPSA) is 78.9 Å². The predicted molar refractivity (Wildman–Crippen MR) is 297 cm³/mol. The van der Waals surface area contributed by atoms with Gasteiger partial charge in [-0.05, 0) is 89.9 Å². The summed E-state index contributed by atoms with van der Waals surface area (Å²) >= 11 is 0. The molecule has 6 nitrogen and oxygen atoms in total. The number of ether oxygens (including phenoxy) is 3. The van der Waals surface area contributed by atoms with E-state index < -0.39 is 6.10 Å². The maximum absolute atomic E-state index is 12.9. The molecule has 0 saturated heterocycles. The summed E-state index contributed by atoms with van der Waals surface area (Å²) in [4.78, 5) is 38.2. The number of carbonyl (C=O) groups is 3. The Hall–Kier alpha value is -3.41. The average molecular weight is 962 g/mol. The van der Waals surface area contributed by atoms with Crippen molar-refractivity contribution in [1.82, 2.24) is 0 Å². The summed E-state index contributed by atoms with van der Waals surface area (Å²) < 4.78 is 16.8. The van der Waals surface area contributed by atoms with Crippen LogP contribution in [0.3, 0.4) is 0 Å². The van der Waals surface area contributed by atoms with E-state index in [1.54, 1.807) is 0 Å². The number of esters is 3. The number of unbranched alkanes of at least 4 members (excludes halogenated alkanes) is 27. The maximum atomic E-state index is 12.9. The Morgan fingerprint density at radius 2 is 0.580 bits per heavy atom. The van der Waals surface area contributed by atoms with E-state index in [4.69, 9.17) is 14.2 Å². The van der Waals surface area contributed by atoms with E-state index in [9.17, 15) is 14.4 Å². The molecule has 0 amide bonds. The van der Waals surface area contributed by atoms with Gasteiger partial charge in [-0.1, -0.05) is 254 Å². The second-order valence-electron chi connectivity index (χ2n) is 19.2. The zero-order chi connectivity index (χ0) is 50.0. The molecule has 0 saturated carbocycles. The molecule has 0 aromatic rings. The van der Waals surface area contributed by atoms with Crippen molar-refractivity contribution >= 4 is 17.9 Å². The van der Waals surface area contributed by atoms with E-state index in [2.05, 4.69) is 106 Å². The summed E-state index contributed by atoms with van der Waals surface area (Å²) in [6, 6.07) is 0. The largest absolute Gasteiger partial charge is 0.462 e. The molecular weight excluding hydrogens is 853 g/mol. The summed E-state index contributed by atoms with van der Waals surface area (Å²) in [5.74, 6) is -0.966. The van der Waals surface area contributed by atoms with E-state index in [0.717, 1.165) is 103 Å². The van der Waals surface area contributed by atoms with Crippen LogP contribution in [0.25, 0.3) is 0 Å². The molecule has 0 fully saturated rings. The van der Waals surface area contributed by atoms with E-state index in [1.165, 1.54) is 128 Å². The molecule has 0 aliphatic carbocycles. The van der Waals surface area contributed by atoms with Gasteiger partial charge >= 0.3 is 17.9 Å². The van der Waals surface area contributed by atoms with Crippen LogP contribution in [0.15, 0.2) is 85.1 Å². The minimum absolute atomic E-state index is 0.101. The van der Waals surface area contributed by atoms with Gasteiger partial charge in [0.05, 0.1) is 0 Å². The first kappa shape index (κ1) is 65.6. The second kappa shape index (κ2) is 57.2. The van der Waals surface area contributed by atoms with Gasteiger partial charge in [-0.25, -0.2) is 0 Å². The highest BCUT2D eigenvalue weighted by atomic mass is 16.6. The lowest BCUT2D eigenvalue weighted by molar-refractivity contribution is -0.167. The molecule has 0 aliphatic heterocycles. The van der Waals surface area contributed by atoms with E-state index in [0.29, 0.717) is 19.3 Å². The minimum Gasteiger partial charge on any atom is -0.462 e. The molecule has 6 heteroatoms. The van der Waals surface area contributed by atoms with Gasteiger partial charge in [-0.3, -0.25) is 14.4 Å². The Bertz CT molecular complexity index is 1330. The van der Waals surface area contributed by atoms with Gasteiger partial charge in [0.1, 0.15) is 13.2 Å². The zero-order valence-electron chi connectivity index (χ0n) is 45.3. The highest BCUT2D eigenvalue weighted by molar-refractivity contribution is 5.71. The molecular formula is C63H108O6. The van der Waals surface area contributed by atoms with Crippen molar-refractivity contribution in [3.63, 3.8) is 0 Å². The number of hydrogen-bond donors (Lipinski definition) is 0. The fourth-order valence-corrected chi connectivity index (χ4v) is 8.04. The van der Waals surface area contributed by atoms with E-state index >= 15 is 0 Å². The minimum atomic E-state index is -0.805. The van der Waals surface area contributed by atoms with E-state index in [-0.39, 0.29) is 37.5 Å². The zero-order valence-corrected chi connectivity index (χ0v) is 45.3. The third-order valence-electron chi connectivity index (χ3n) is 12.4. The maximum Gasteiger partial charge on any atom is 0.306 e. The molecule has 0 N–H and O–H groups in total. The Labute approximate surface area is 426 Å². The normalized spacial score (nSPS) is 12.7. The SMILES string of the molecule is CC/C=C\C/C=C\C/C=C\CCCCCCCC(=O)OC[C@H](COC(=O)CCC/C=C\C/C=C\C/C=C\C/C=C\CCCCC)OC(=O)CCCCCCCCCCCCCCCCCCCCC. The molecule has 69 heavy (non-hydrogen) atoms. The van der Waals surface area contributed by atoms with Gasteiger partial charge in [0.2, 0.25) is 0 Å². The fourth-order valence-electron chi connectivity index (χ4n) is 8.04. The molecule has 0 heterocycles. The Kier molecular flexibility index (Phi) is 54.3. The highest BCUT2D eigenvalue weighted by Gasteiger charge is 2.19. The third-order valence-corrected chi connectivity index (χ3v) is 12.4. The lowest BCUT2D eigenvalue weighted by Gasteiger charge is -2.18. The fraction of sp³-hybridized carbons (Fsp3) is 0.730. The van der Waals surface area contributed by atoms with Crippen LogP contribution in [-0.2, 0) is 28.6 Å². The van der Waals surface area contributed by atoms with Crippen LogP contribution >= 0.6 is 0 Å². The Balaban J connectivity index is 4.46. The second-order valence-corrected chi connectivity index (χ2v) is 19.2. The summed E-state index contributed by atoms with van der Waals surface area (Å²) in [6.45, 7) is 6.46. The summed E-state index contributed by atoms with van der Waals surface area (Å²) in [5.41, 5.74) is 0. The van der Waals surface area contributed by atoms with Gasteiger partial charge in [-0.15, -0.1) is 0 Å². The van der Waals surface area contributed by atoms with Gasteiger partial charge < -0.3 is 14.2 Å². The first-order chi connectivity index (χ1) is 34.0. The van der Waals surface area contributed by atoms with Crippen molar-refractivity contribution in [2.45, 2.75) is 284 Å². The monoisotopic (exact) mass is 961 g/mol. The quantitative estimate of drug-likeness (QED) is 0.0262. The van der Waals surface area contributed by atoms with Crippen molar-refractivity contribution in [2.75, 3.05) is 13.2 Å². The van der Waals surface area contributed by atoms with Crippen molar-refractivity contribution < 1.29 is 28.6 Å². The standard InChI is InChI=1S/C63H108O6/c1-4-7-10-13-16-19-22-25-28-30-31-33-36-39-42-45-48-51-54-57-63(66)69-60(58-67-61(64)55-52-49-46-43-40-37-34-27-24-21-18-15-12-9-6-3)59-68-62(65)56-53-50-47-44-41-38-35-32-29-26-23-20-17-14-11-8-5-2/h9,12,17-18,20-21,26-27,29,34-35,38,44,47,60H,4-8,10-11,13-16,19,22-25,28,30-33,36-37,39-43,45-46,48-59H2,1-3H3/b12-9-,20-17-,21-18-,29-26-,34-27-,38-35-,47-44-/t60-/m1/s1. The van der Waals surface area contributed by atoms with Gasteiger partial charge in [0, 0.05) is 19.3 Å². The Morgan fingerprint density at radius 3 is 0.971 bits per heavy atom. The molecule has 396 valence electrons. The molecule has 0 aromatic carbocycles. The summed E-state index contributed by atoms with van der Waals surface area (Å²) in [7, 11) is 0. The predicted octanol–water partition coefficient (Wildman–Crippen LogP) is 19.5. The smallest absolute Gasteiger partial charge is 0.306 e. The van der Waals surface area contributed by atoms with Crippen LogP contribution in [0.1, 0.15) is 278 Å². The molecule has 0 radical (unpaired) electrons. The van der Waals surface area contributed by atoms with Crippen LogP contribution < -0.4 is 0 Å². The highest BCUT2D eigenvalue weighted by Crippen LogP contribution is 2.16. The van der Waals surface area contributed by atoms with E-state index in [1.807, 2.05) is 0 Å². The molecule has 0 spiro atoms. The molecule has 0 bridgehead atoms. The molecule has 0 rings (SSSR count). The first-order valence-electron chi connectivity index (χ1n) is 29.1. The van der Waals surface area contributed by atoms with Crippen LogP contribution in [0, 0.1) is 0 Å². The summed E-state index contributed by atoms with van der Waals surface area (Å²) in [5, 5.41) is 0. The van der Waals surface area contributed by atoms with Gasteiger partial charge in [0.25, 0.3) is 0 Å². The van der Waals surface area contributed by atoms with Crippen LogP contribution in [0.5, 0.6) is 0 Å².